The van der Waals surface area contributed by atoms with E-state index in [0.29, 0.717) is 18.3 Å². The standard InChI is InChI=1S/C24H29F4NO/c25-22(16-29)3-1-2-17-4-6-18(7-5-17)19-8-10-20(11-9-19)21-12-14-23(15-13-21)30-24(26,27)28/h3,12-15,17-20H,1-2,4-11H2/b22-3-/t17?,18?,19-,20-. The second-order valence-electron chi connectivity index (χ2n) is 8.75. The highest BCUT2D eigenvalue weighted by molar-refractivity contribution is 5.29. The van der Waals surface area contributed by atoms with Gasteiger partial charge in [-0.25, -0.2) is 0 Å². The number of nitrogens with zero attached hydrogens (tertiary/aromatic N) is 1. The molecule has 2 aliphatic rings. The summed E-state index contributed by atoms with van der Waals surface area (Å²) in [5.41, 5.74) is 1.10. The van der Waals surface area contributed by atoms with E-state index in [1.54, 1.807) is 12.1 Å². The molecule has 0 N–H and O–H groups in total. The zero-order chi connectivity index (χ0) is 21.6. The minimum absolute atomic E-state index is 0.164. The molecule has 2 nitrogen and oxygen atoms in total. The van der Waals surface area contributed by atoms with Gasteiger partial charge in [-0.05, 0) is 98.8 Å². The molecule has 0 radical (unpaired) electrons. The first-order chi connectivity index (χ1) is 14.3. The molecule has 0 aromatic heterocycles. The van der Waals surface area contributed by atoms with Crippen LogP contribution in [0.4, 0.5) is 17.6 Å². The van der Waals surface area contributed by atoms with E-state index in [2.05, 4.69) is 4.74 Å². The number of hydrogen-bond donors (Lipinski definition) is 0. The van der Waals surface area contributed by atoms with Crippen LogP contribution < -0.4 is 4.74 Å². The summed E-state index contributed by atoms with van der Waals surface area (Å²) in [4.78, 5) is 0. The molecule has 0 atom stereocenters. The van der Waals surface area contributed by atoms with Crippen LogP contribution in [0.5, 0.6) is 5.75 Å². The van der Waals surface area contributed by atoms with Crippen LogP contribution in [0.25, 0.3) is 0 Å². The first-order valence-electron chi connectivity index (χ1n) is 11.0. The lowest BCUT2D eigenvalue weighted by atomic mass is 9.68. The molecule has 2 saturated carbocycles. The third kappa shape index (κ3) is 6.75. The van der Waals surface area contributed by atoms with Crippen LogP contribution in [-0.4, -0.2) is 6.36 Å². The van der Waals surface area contributed by atoms with Crippen LogP contribution in [-0.2, 0) is 0 Å². The maximum atomic E-state index is 12.9. The summed E-state index contributed by atoms with van der Waals surface area (Å²) in [6.07, 6.45) is 7.72. The fourth-order valence-corrected chi connectivity index (χ4v) is 5.31. The molecule has 164 valence electrons. The number of rotatable bonds is 6. The number of nitriles is 1. The number of hydrogen-bond acceptors (Lipinski definition) is 2. The van der Waals surface area contributed by atoms with E-state index in [-0.39, 0.29) is 5.75 Å². The van der Waals surface area contributed by atoms with Gasteiger partial charge in [-0.3, -0.25) is 0 Å². The summed E-state index contributed by atoms with van der Waals surface area (Å²) in [7, 11) is 0. The summed E-state index contributed by atoms with van der Waals surface area (Å²) in [6.45, 7) is 0. The fraction of sp³-hybridized carbons (Fsp3) is 0.625. The molecule has 0 saturated heterocycles. The third-order valence-electron chi connectivity index (χ3n) is 6.92. The fourth-order valence-electron chi connectivity index (χ4n) is 5.31. The van der Waals surface area contributed by atoms with Gasteiger partial charge >= 0.3 is 6.36 Å². The SMILES string of the molecule is N#C/C(F)=C/CCC1CCC([C@H]2CC[C@H](c3ccc(OC(F)(F)F)cc3)CC2)CC1. The molecule has 30 heavy (non-hydrogen) atoms. The van der Waals surface area contributed by atoms with Crippen molar-refractivity contribution in [3.8, 4) is 11.8 Å². The lowest BCUT2D eigenvalue weighted by Gasteiger charge is -2.38. The molecule has 0 aliphatic heterocycles. The predicted molar refractivity (Wildman–Crippen MR) is 107 cm³/mol. The highest BCUT2D eigenvalue weighted by atomic mass is 19.4. The van der Waals surface area contributed by atoms with Crippen LogP contribution in [0.15, 0.2) is 36.2 Å². The first-order valence-corrected chi connectivity index (χ1v) is 11.0. The van der Waals surface area contributed by atoms with E-state index in [1.807, 2.05) is 0 Å². The summed E-state index contributed by atoms with van der Waals surface area (Å²) < 4.78 is 53.7. The van der Waals surface area contributed by atoms with Gasteiger partial charge in [-0.15, -0.1) is 13.2 Å². The van der Waals surface area contributed by atoms with Crippen molar-refractivity contribution in [3.05, 3.63) is 41.7 Å². The Bertz CT molecular complexity index is 734. The van der Waals surface area contributed by atoms with E-state index >= 15 is 0 Å². The Morgan fingerprint density at radius 3 is 2.07 bits per heavy atom. The van der Waals surface area contributed by atoms with E-state index < -0.39 is 12.2 Å². The van der Waals surface area contributed by atoms with E-state index in [0.717, 1.165) is 36.7 Å². The lowest BCUT2D eigenvalue weighted by molar-refractivity contribution is -0.274. The van der Waals surface area contributed by atoms with Gasteiger partial charge in [0.2, 0.25) is 0 Å². The van der Waals surface area contributed by atoms with Crippen LogP contribution in [0.3, 0.4) is 0 Å². The average molecular weight is 423 g/mol. The zero-order valence-corrected chi connectivity index (χ0v) is 17.1. The summed E-state index contributed by atoms with van der Waals surface area (Å²) in [5.74, 6) is 1.71. The maximum Gasteiger partial charge on any atom is 0.573 e. The van der Waals surface area contributed by atoms with Gasteiger partial charge in [0.25, 0.3) is 0 Å². The Morgan fingerprint density at radius 2 is 1.53 bits per heavy atom. The second-order valence-corrected chi connectivity index (χ2v) is 8.75. The van der Waals surface area contributed by atoms with Gasteiger partial charge in [0, 0.05) is 0 Å². The van der Waals surface area contributed by atoms with Gasteiger partial charge in [0.1, 0.15) is 11.8 Å². The highest BCUT2D eigenvalue weighted by Crippen LogP contribution is 2.44. The molecule has 0 amide bonds. The van der Waals surface area contributed by atoms with Crippen molar-refractivity contribution >= 4 is 0 Å². The molecule has 0 unspecified atom stereocenters. The molecule has 0 spiro atoms. The number of benzene rings is 1. The van der Waals surface area contributed by atoms with Crippen LogP contribution in [0, 0.1) is 29.1 Å². The Hall–Kier alpha value is -2.03. The molecule has 2 fully saturated rings. The van der Waals surface area contributed by atoms with Crippen molar-refractivity contribution in [3.63, 3.8) is 0 Å². The molecular weight excluding hydrogens is 394 g/mol. The molecular formula is C24H29F4NO. The van der Waals surface area contributed by atoms with Crippen molar-refractivity contribution in [2.24, 2.45) is 17.8 Å². The maximum absolute atomic E-state index is 12.9. The van der Waals surface area contributed by atoms with Crippen molar-refractivity contribution in [2.75, 3.05) is 0 Å². The Labute approximate surface area is 175 Å². The molecule has 6 heteroatoms. The molecule has 3 rings (SSSR count). The number of alkyl halides is 3. The van der Waals surface area contributed by atoms with Gasteiger partial charge in [-0.1, -0.05) is 25.0 Å². The topological polar surface area (TPSA) is 33.0 Å². The minimum Gasteiger partial charge on any atom is -0.406 e. The molecule has 1 aromatic carbocycles. The van der Waals surface area contributed by atoms with Crippen molar-refractivity contribution in [1.82, 2.24) is 0 Å². The summed E-state index contributed by atoms with van der Waals surface area (Å²) in [6, 6.07) is 7.87. The van der Waals surface area contributed by atoms with Crippen molar-refractivity contribution < 1.29 is 22.3 Å². The van der Waals surface area contributed by atoms with Gasteiger partial charge < -0.3 is 4.74 Å². The summed E-state index contributed by atoms with van der Waals surface area (Å²) >= 11 is 0. The monoisotopic (exact) mass is 423 g/mol. The normalized spacial score (nSPS) is 28.0. The molecule has 1 aromatic rings. The molecule has 2 aliphatic carbocycles. The molecule has 0 bridgehead atoms. The number of ether oxygens (including phenoxy) is 1. The van der Waals surface area contributed by atoms with Crippen LogP contribution in [0.1, 0.15) is 75.7 Å². The van der Waals surface area contributed by atoms with Gasteiger partial charge in [-0.2, -0.15) is 9.65 Å². The van der Waals surface area contributed by atoms with Crippen molar-refractivity contribution in [1.29, 1.82) is 5.26 Å². The Morgan fingerprint density at radius 1 is 0.967 bits per heavy atom. The number of halogens is 4. The quantitative estimate of drug-likeness (QED) is 0.345. The van der Waals surface area contributed by atoms with E-state index in [1.165, 1.54) is 62.8 Å². The number of allylic oxidation sites excluding steroid dienone is 2. The Balaban J connectivity index is 1.40. The Kier molecular flexibility index (Phi) is 7.80. The summed E-state index contributed by atoms with van der Waals surface area (Å²) in [5, 5.41) is 8.46. The van der Waals surface area contributed by atoms with Gasteiger partial charge in [0.15, 0.2) is 5.83 Å². The highest BCUT2D eigenvalue weighted by Gasteiger charge is 2.32. The van der Waals surface area contributed by atoms with Gasteiger partial charge in [0.05, 0.1) is 0 Å². The second kappa shape index (κ2) is 10.3. The third-order valence-corrected chi connectivity index (χ3v) is 6.92. The average Bonchev–Trinajstić information content (AvgIpc) is 2.74. The minimum atomic E-state index is -4.65. The van der Waals surface area contributed by atoms with Crippen molar-refractivity contribution in [2.45, 2.75) is 76.5 Å². The van der Waals surface area contributed by atoms with Crippen LogP contribution >= 0.6 is 0 Å². The predicted octanol–water partition coefficient (Wildman–Crippen LogP) is 7.82. The van der Waals surface area contributed by atoms with E-state index in [9.17, 15) is 17.6 Å². The van der Waals surface area contributed by atoms with E-state index in [4.69, 9.17) is 5.26 Å². The molecule has 0 heterocycles. The smallest absolute Gasteiger partial charge is 0.406 e. The largest absolute Gasteiger partial charge is 0.573 e. The first kappa shape index (κ1) is 22.7. The van der Waals surface area contributed by atoms with Crippen LogP contribution in [0.2, 0.25) is 0 Å². The lowest BCUT2D eigenvalue weighted by Crippen LogP contribution is -2.25. The zero-order valence-electron chi connectivity index (χ0n) is 17.1.